The smallest absolute Gasteiger partial charge is 0.274 e. The third kappa shape index (κ3) is 4.75. The van der Waals surface area contributed by atoms with Crippen molar-refractivity contribution in [2.75, 3.05) is 11.4 Å². The second kappa shape index (κ2) is 8.36. The number of anilines is 1. The molecular weight excluding hydrogens is 358 g/mol. The molecule has 1 heterocycles. The molecular formula is C21H25N3O2S. The molecule has 2 rings (SSSR count). The Morgan fingerprint density at radius 3 is 2.41 bits per heavy atom. The number of hydrogen-bond acceptors (Lipinski definition) is 5. The molecule has 0 fully saturated rings. The highest BCUT2D eigenvalue weighted by Crippen LogP contribution is 2.30. The average molecular weight is 384 g/mol. The molecule has 0 spiro atoms. The first-order valence-corrected chi connectivity index (χ1v) is 9.75. The highest BCUT2D eigenvalue weighted by Gasteiger charge is 2.24. The van der Waals surface area contributed by atoms with E-state index in [0.29, 0.717) is 18.1 Å². The molecule has 2 aromatic rings. The summed E-state index contributed by atoms with van der Waals surface area (Å²) in [4.78, 5) is 18.7. The van der Waals surface area contributed by atoms with Crippen LogP contribution in [0, 0.1) is 11.3 Å². The van der Waals surface area contributed by atoms with E-state index in [2.05, 4.69) is 37.9 Å². The largest absolute Gasteiger partial charge is 0.511 e. The standard InChI is InChI=1S/C21H25N3O2S/c1-6-11-24(19(26)17(12-22)14(2)25)20-23-18(13-27-20)15-7-9-16(10-8-15)21(3,4)5/h7-10,13,25H,6,11H2,1-5H3/b17-14-. The molecule has 1 aromatic heterocycles. The summed E-state index contributed by atoms with van der Waals surface area (Å²) < 4.78 is 0. The Bertz CT molecular complexity index is 879. The topological polar surface area (TPSA) is 77.2 Å². The van der Waals surface area contributed by atoms with Crippen LogP contribution in [0.5, 0.6) is 0 Å². The maximum atomic E-state index is 12.7. The molecule has 0 saturated carbocycles. The van der Waals surface area contributed by atoms with Crippen molar-refractivity contribution in [3.05, 3.63) is 46.5 Å². The first-order valence-electron chi connectivity index (χ1n) is 8.87. The Morgan fingerprint density at radius 2 is 1.93 bits per heavy atom. The van der Waals surface area contributed by atoms with Crippen LogP contribution in [0.2, 0.25) is 0 Å². The molecule has 142 valence electrons. The first kappa shape index (κ1) is 20.7. The van der Waals surface area contributed by atoms with Crippen LogP contribution >= 0.6 is 11.3 Å². The van der Waals surface area contributed by atoms with Gasteiger partial charge in [-0.1, -0.05) is 52.0 Å². The third-order valence-corrected chi connectivity index (χ3v) is 5.01. The molecule has 0 unspecified atom stereocenters. The van der Waals surface area contributed by atoms with Crippen LogP contribution in [0.15, 0.2) is 41.0 Å². The zero-order valence-corrected chi connectivity index (χ0v) is 17.2. The molecule has 0 aliphatic heterocycles. The molecule has 1 N–H and O–H groups in total. The summed E-state index contributed by atoms with van der Waals surface area (Å²) in [6, 6.07) is 10.0. The van der Waals surface area contributed by atoms with Crippen molar-refractivity contribution >= 4 is 22.4 Å². The monoisotopic (exact) mass is 383 g/mol. The van der Waals surface area contributed by atoms with Gasteiger partial charge in [0.1, 0.15) is 11.8 Å². The van der Waals surface area contributed by atoms with Crippen LogP contribution in [0.4, 0.5) is 5.13 Å². The summed E-state index contributed by atoms with van der Waals surface area (Å²) in [5.41, 5.74) is 2.83. The average Bonchev–Trinajstić information content (AvgIpc) is 3.09. The van der Waals surface area contributed by atoms with Gasteiger partial charge in [0.05, 0.1) is 5.69 Å². The molecule has 5 nitrogen and oxygen atoms in total. The van der Waals surface area contributed by atoms with Gasteiger partial charge in [-0.3, -0.25) is 9.69 Å². The number of aromatic nitrogens is 1. The summed E-state index contributed by atoms with van der Waals surface area (Å²) in [5, 5.41) is 21.2. The lowest BCUT2D eigenvalue weighted by Crippen LogP contribution is -2.33. The van der Waals surface area contributed by atoms with E-state index < -0.39 is 5.91 Å². The number of amides is 1. The molecule has 27 heavy (non-hydrogen) atoms. The fourth-order valence-corrected chi connectivity index (χ4v) is 3.45. The van der Waals surface area contributed by atoms with E-state index in [-0.39, 0.29) is 16.7 Å². The van der Waals surface area contributed by atoms with Crippen LogP contribution in [0.3, 0.4) is 0 Å². The number of thiazole rings is 1. The maximum Gasteiger partial charge on any atom is 0.274 e. The Labute approximate surface area is 164 Å². The van der Waals surface area contributed by atoms with Gasteiger partial charge in [-0.25, -0.2) is 4.98 Å². The molecule has 6 heteroatoms. The van der Waals surface area contributed by atoms with E-state index >= 15 is 0 Å². The Morgan fingerprint density at radius 1 is 1.30 bits per heavy atom. The lowest BCUT2D eigenvalue weighted by molar-refractivity contribution is -0.115. The van der Waals surface area contributed by atoms with Gasteiger partial charge >= 0.3 is 0 Å². The summed E-state index contributed by atoms with van der Waals surface area (Å²) in [6.07, 6.45) is 0.712. The highest BCUT2D eigenvalue weighted by molar-refractivity contribution is 7.14. The first-order chi connectivity index (χ1) is 12.7. The number of carbonyl (C=O) groups is 1. The van der Waals surface area contributed by atoms with E-state index in [9.17, 15) is 15.2 Å². The molecule has 0 saturated heterocycles. The lowest BCUT2D eigenvalue weighted by atomic mass is 9.86. The van der Waals surface area contributed by atoms with E-state index in [1.54, 1.807) is 6.07 Å². The third-order valence-electron chi connectivity index (χ3n) is 4.15. The fourth-order valence-electron chi connectivity index (χ4n) is 2.59. The number of aliphatic hydroxyl groups excluding tert-OH is 1. The second-order valence-corrected chi connectivity index (χ2v) is 8.21. The summed E-state index contributed by atoms with van der Waals surface area (Å²) in [6.45, 7) is 10.2. The summed E-state index contributed by atoms with van der Waals surface area (Å²) in [5.74, 6) is -0.804. The van der Waals surface area contributed by atoms with Crippen molar-refractivity contribution in [1.82, 2.24) is 4.98 Å². The molecule has 0 atom stereocenters. The minimum atomic E-state index is -0.525. The molecule has 0 aliphatic carbocycles. The number of allylic oxidation sites excluding steroid dienone is 1. The number of rotatable bonds is 5. The van der Waals surface area contributed by atoms with Gasteiger partial charge in [0, 0.05) is 17.5 Å². The molecule has 1 amide bonds. The van der Waals surface area contributed by atoms with Crippen molar-refractivity contribution in [2.24, 2.45) is 0 Å². The van der Waals surface area contributed by atoms with Gasteiger partial charge in [-0.15, -0.1) is 11.3 Å². The zero-order valence-electron chi connectivity index (χ0n) is 16.4. The predicted octanol–water partition coefficient (Wildman–Crippen LogP) is 5.21. The van der Waals surface area contributed by atoms with E-state index in [4.69, 9.17) is 0 Å². The SMILES string of the molecule is CCCN(C(=O)/C(C#N)=C(/C)O)c1nc(-c2ccc(C(C)(C)C)cc2)cs1. The molecule has 0 radical (unpaired) electrons. The van der Waals surface area contributed by atoms with Gasteiger partial charge in [0.15, 0.2) is 10.7 Å². The predicted molar refractivity (Wildman–Crippen MR) is 110 cm³/mol. The number of nitrogens with zero attached hydrogens (tertiary/aromatic N) is 3. The van der Waals surface area contributed by atoms with Crippen LogP contribution in [0.25, 0.3) is 11.3 Å². The summed E-state index contributed by atoms with van der Waals surface area (Å²) >= 11 is 1.35. The fraction of sp³-hybridized carbons (Fsp3) is 0.381. The maximum absolute atomic E-state index is 12.7. The number of nitriles is 1. The van der Waals surface area contributed by atoms with E-state index in [1.165, 1.54) is 28.7 Å². The number of aliphatic hydroxyl groups is 1. The van der Waals surface area contributed by atoms with Crippen LogP contribution in [0.1, 0.15) is 46.6 Å². The van der Waals surface area contributed by atoms with Gasteiger partial charge in [-0.05, 0) is 24.3 Å². The van der Waals surface area contributed by atoms with Gasteiger partial charge < -0.3 is 5.11 Å². The van der Waals surface area contributed by atoms with Gasteiger partial charge in [-0.2, -0.15) is 5.26 Å². The van der Waals surface area contributed by atoms with Crippen LogP contribution in [-0.2, 0) is 10.2 Å². The van der Waals surface area contributed by atoms with Crippen LogP contribution in [-0.4, -0.2) is 22.5 Å². The second-order valence-electron chi connectivity index (χ2n) is 7.37. The highest BCUT2D eigenvalue weighted by atomic mass is 32.1. The van der Waals surface area contributed by atoms with E-state index in [1.807, 2.05) is 24.4 Å². The van der Waals surface area contributed by atoms with Gasteiger partial charge in [0.2, 0.25) is 0 Å². The quantitative estimate of drug-likeness (QED) is 0.437. The molecule has 0 aliphatic rings. The Balaban J connectivity index is 2.35. The molecule has 0 bridgehead atoms. The number of carbonyl (C=O) groups excluding carboxylic acids is 1. The Kier molecular flexibility index (Phi) is 6.40. The van der Waals surface area contributed by atoms with Crippen molar-refractivity contribution in [3.63, 3.8) is 0 Å². The zero-order chi connectivity index (χ0) is 20.2. The minimum absolute atomic E-state index is 0.0816. The van der Waals surface area contributed by atoms with Crippen molar-refractivity contribution in [2.45, 2.75) is 46.5 Å². The van der Waals surface area contributed by atoms with Crippen molar-refractivity contribution in [3.8, 4) is 17.3 Å². The minimum Gasteiger partial charge on any atom is -0.511 e. The molecule has 1 aromatic carbocycles. The van der Waals surface area contributed by atoms with Crippen LogP contribution < -0.4 is 4.90 Å². The van der Waals surface area contributed by atoms with Crippen molar-refractivity contribution in [1.29, 1.82) is 5.26 Å². The van der Waals surface area contributed by atoms with Gasteiger partial charge in [0.25, 0.3) is 5.91 Å². The number of benzene rings is 1. The number of hydrogen-bond donors (Lipinski definition) is 1. The Hall–Kier alpha value is -2.65. The lowest BCUT2D eigenvalue weighted by Gasteiger charge is -2.19. The van der Waals surface area contributed by atoms with Crippen molar-refractivity contribution < 1.29 is 9.90 Å². The normalized spacial score (nSPS) is 12.3. The summed E-state index contributed by atoms with van der Waals surface area (Å²) in [7, 11) is 0. The van der Waals surface area contributed by atoms with E-state index in [0.717, 1.165) is 11.3 Å².